The Bertz CT molecular complexity index is 302. The summed E-state index contributed by atoms with van der Waals surface area (Å²) < 4.78 is 18.7. The summed E-state index contributed by atoms with van der Waals surface area (Å²) in [4.78, 5) is 0. The molecule has 0 aliphatic carbocycles. The first kappa shape index (κ1) is 12.4. The van der Waals surface area contributed by atoms with Gasteiger partial charge in [0.15, 0.2) is 0 Å². The second kappa shape index (κ2) is 6.05. The lowest BCUT2D eigenvalue weighted by Gasteiger charge is -2.24. The van der Waals surface area contributed by atoms with E-state index in [1.165, 1.54) is 6.07 Å². The molecule has 0 radical (unpaired) electrons. The lowest BCUT2D eigenvalue weighted by atomic mass is 10.1. The van der Waals surface area contributed by atoms with Crippen LogP contribution in [0.4, 0.5) is 4.39 Å². The molecule has 0 bridgehead atoms. The molecule has 1 aromatic carbocycles. The number of ether oxygens (including phenoxy) is 1. The molecule has 4 heteroatoms. The summed E-state index contributed by atoms with van der Waals surface area (Å²) in [6, 6.07) is 6.84. The van der Waals surface area contributed by atoms with Crippen LogP contribution in [0.3, 0.4) is 0 Å². The molecule has 2 rings (SSSR count). The van der Waals surface area contributed by atoms with E-state index in [1.807, 2.05) is 6.07 Å². The predicted octanol–water partition coefficient (Wildman–Crippen LogP) is 2.13. The zero-order chi connectivity index (χ0) is 9.80. The van der Waals surface area contributed by atoms with Gasteiger partial charge in [0.05, 0.1) is 0 Å². The quantitative estimate of drug-likeness (QED) is 0.842. The van der Waals surface area contributed by atoms with Gasteiger partial charge in [0.1, 0.15) is 12.0 Å². The monoisotopic (exact) mass is 231 g/mol. The van der Waals surface area contributed by atoms with E-state index < -0.39 is 0 Å². The van der Waals surface area contributed by atoms with Crippen LogP contribution in [0.15, 0.2) is 24.3 Å². The van der Waals surface area contributed by atoms with E-state index in [0.717, 1.165) is 19.6 Å². The Balaban J connectivity index is 0.00000112. The van der Waals surface area contributed by atoms with Crippen LogP contribution >= 0.6 is 12.4 Å². The van der Waals surface area contributed by atoms with Crippen molar-refractivity contribution in [3.8, 4) is 0 Å². The van der Waals surface area contributed by atoms with Gasteiger partial charge in [-0.05, 0) is 24.6 Å². The number of nitrogens with one attached hydrogen (secondary N) is 1. The van der Waals surface area contributed by atoms with Gasteiger partial charge in [0, 0.05) is 13.0 Å². The van der Waals surface area contributed by atoms with E-state index in [0.29, 0.717) is 12.0 Å². The Labute approximate surface area is 95.2 Å². The number of halogens is 2. The zero-order valence-corrected chi connectivity index (χ0v) is 9.23. The van der Waals surface area contributed by atoms with Crippen molar-refractivity contribution in [3.63, 3.8) is 0 Å². The first-order chi connectivity index (χ1) is 6.86. The SMILES string of the molecule is Cl.Fc1ccccc1CC1NCCCO1. The second-order valence-corrected chi connectivity index (χ2v) is 3.46. The van der Waals surface area contributed by atoms with Crippen molar-refractivity contribution in [1.29, 1.82) is 0 Å². The largest absolute Gasteiger partial charge is 0.363 e. The van der Waals surface area contributed by atoms with E-state index in [2.05, 4.69) is 5.32 Å². The third kappa shape index (κ3) is 3.45. The molecule has 1 heterocycles. The van der Waals surface area contributed by atoms with E-state index in [-0.39, 0.29) is 24.5 Å². The van der Waals surface area contributed by atoms with Crippen LogP contribution < -0.4 is 5.32 Å². The highest BCUT2D eigenvalue weighted by Gasteiger charge is 2.14. The molecule has 0 amide bonds. The van der Waals surface area contributed by atoms with Crippen molar-refractivity contribution >= 4 is 12.4 Å². The molecule has 0 aromatic heterocycles. The summed E-state index contributed by atoms with van der Waals surface area (Å²) >= 11 is 0. The van der Waals surface area contributed by atoms with E-state index in [4.69, 9.17) is 4.74 Å². The zero-order valence-electron chi connectivity index (χ0n) is 8.41. The Kier molecular flexibility index (Phi) is 5.02. The topological polar surface area (TPSA) is 21.3 Å². The van der Waals surface area contributed by atoms with Gasteiger partial charge >= 0.3 is 0 Å². The fraction of sp³-hybridized carbons (Fsp3) is 0.455. The summed E-state index contributed by atoms with van der Waals surface area (Å²) in [5.41, 5.74) is 0.715. The molecule has 1 fully saturated rings. The van der Waals surface area contributed by atoms with Gasteiger partial charge in [0.2, 0.25) is 0 Å². The molecule has 15 heavy (non-hydrogen) atoms. The maximum Gasteiger partial charge on any atom is 0.126 e. The van der Waals surface area contributed by atoms with Gasteiger partial charge in [-0.3, -0.25) is 5.32 Å². The molecule has 0 spiro atoms. The van der Waals surface area contributed by atoms with Gasteiger partial charge < -0.3 is 4.74 Å². The minimum Gasteiger partial charge on any atom is -0.363 e. The molecule has 1 saturated heterocycles. The van der Waals surface area contributed by atoms with Gasteiger partial charge in [-0.2, -0.15) is 0 Å². The van der Waals surface area contributed by atoms with Gasteiger partial charge in [-0.15, -0.1) is 12.4 Å². The third-order valence-electron chi connectivity index (χ3n) is 2.38. The Morgan fingerprint density at radius 3 is 2.87 bits per heavy atom. The van der Waals surface area contributed by atoms with Crippen molar-refractivity contribution in [2.75, 3.05) is 13.2 Å². The lowest BCUT2D eigenvalue weighted by Crippen LogP contribution is -2.39. The molecule has 2 nitrogen and oxygen atoms in total. The molecular weight excluding hydrogens is 217 g/mol. The maximum atomic E-state index is 13.3. The van der Waals surface area contributed by atoms with E-state index in [9.17, 15) is 4.39 Å². The van der Waals surface area contributed by atoms with E-state index in [1.54, 1.807) is 12.1 Å². The summed E-state index contributed by atoms with van der Waals surface area (Å²) in [6.07, 6.45) is 1.61. The normalized spacial score (nSPS) is 20.7. The highest BCUT2D eigenvalue weighted by Crippen LogP contribution is 2.11. The Morgan fingerprint density at radius 2 is 2.20 bits per heavy atom. The van der Waals surface area contributed by atoms with Crippen molar-refractivity contribution in [2.45, 2.75) is 19.1 Å². The molecule has 84 valence electrons. The van der Waals surface area contributed by atoms with Crippen molar-refractivity contribution < 1.29 is 9.13 Å². The standard InChI is InChI=1S/C11H14FNO.ClH/c12-10-5-2-1-4-9(10)8-11-13-6-3-7-14-11;/h1-2,4-5,11,13H,3,6-8H2;1H. The molecule has 1 aliphatic rings. The summed E-state index contributed by atoms with van der Waals surface area (Å²) in [6.45, 7) is 1.73. The number of rotatable bonds is 2. The van der Waals surface area contributed by atoms with Crippen LogP contribution in [-0.2, 0) is 11.2 Å². The van der Waals surface area contributed by atoms with Crippen molar-refractivity contribution in [3.05, 3.63) is 35.6 Å². The maximum absolute atomic E-state index is 13.3. The minimum atomic E-state index is -0.150. The van der Waals surface area contributed by atoms with Crippen LogP contribution in [0, 0.1) is 5.82 Å². The molecule has 1 aliphatic heterocycles. The molecule has 0 saturated carbocycles. The van der Waals surface area contributed by atoms with Crippen LogP contribution in [0.5, 0.6) is 0 Å². The summed E-state index contributed by atoms with van der Waals surface area (Å²) in [5, 5.41) is 3.21. The molecule has 1 unspecified atom stereocenters. The summed E-state index contributed by atoms with van der Waals surface area (Å²) in [7, 11) is 0. The molecule has 1 aromatic rings. The average Bonchev–Trinajstić information content (AvgIpc) is 2.23. The number of hydrogen-bond donors (Lipinski definition) is 1. The highest BCUT2D eigenvalue weighted by atomic mass is 35.5. The lowest BCUT2D eigenvalue weighted by molar-refractivity contribution is 0.00149. The average molecular weight is 232 g/mol. The van der Waals surface area contributed by atoms with Crippen LogP contribution in [0.1, 0.15) is 12.0 Å². The smallest absolute Gasteiger partial charge is 0.126 e. The van der Waals surface area contributed by atoms with Crippen LogP contribution in [0.25, 0.3) is 0 Å². The molecule has 1 atom stereocenters. The fourth-order valence-electron chi connectivity index (χ4n) is 1.61. The Hall–Kier alpha value is -0.640. The van der Waals surface area contributed by atoms with Gasteiger partial charge in [0.25, 0.3) is 0 Å². The van der Waals surface area contributed by atoms with Gasteiger partial charge in [-0.25, -0.2) is 4.39 Å². The number of benzene rings is 1. The first-order valence-electron chi connectivity index (χ1n) is 4.94. The first-order valence-corrected chi connectivity index (χ1v) is 4.94. The third-order valence-corrected chi connectivity index (χ3v) is 2.38. The predicted molar refractivity (Wildman–Crippen MR) is 59.7 cm³/mol. The summed E-state index contributed by atoms with van der Waals surface area (Å²) in [5.74, 6) is -0.150. The Morgan fingerprint density at radius 1 is 1.40 bits per heavy atom. The minimum absolute atomic E-state index is 0. The van der Waals surface area contributed by atoms with Gasteiger partial charge in [-0.1, -0.05) is 18.2 Å². The molecular formula is C11H15ClFNO. The van der Waals surface area contributed by atoms with Crippen LogP contribution in [-0.4, -0.2) is 19.4 Å². The molecule has 1 N–H and O–H groups in total. The number of hydrogen-bond acceptors (Lipinski definition) is 2. The van der Waals surface area contributed by atoms with Crippen LogP contribution in [0.2, 0.25) is 0 Å². The fourth-order valence-corrected chi connectivity index (χ4v) is 1.61. The van der Waals surface area contributed by atoms with E-state index >= 15 is 0 Å². The van der Waals surface area contributed by atoms with Crippen molar-refractivity contribution in [2.24, 2.45) is 0 Å². The van der Waals surface area contributed by atoms with Crippen molar-refractivity contribution in [1.82, 2.24) is 5.32 Å². The second-order valence-electron chi connectivity index (χ2n) is 3.46. The highest BCUT2D eigenvalue weighted by molar-refractivity contribution is 5.85.